The fourth-order valence-corrected chi connectivity index (χ4v) is 4.41. The Hall–Kier alpha value is -2.68. The highest BCUT2D eigenvalue weighted by Gasteiger charge is 2.30. The summed E-state index contributed by atoms with van der Waals surface area (Å²) in [6.07, 6.45) is 5.60. The van der Waals surface area contributed by atoms with Crippen LogP contribution in [0.4, 0.5) is 5.69 Å². The molecule has 0 amide bonds. The topological polar surface area (TPSA) is 72.7 Å². The summed E-state index contributed by atoms with van der Waals surface area (Å²) in [6, 6.07) is 12.4. The van der Waals surface area contributed by atoms with Gasteiger partial charge >= 0.3 is 0 Å². The molecule has 1 aliphatic heterocycles. The second-order valence-electron chi connectivity index (χ2n) is 7.39. The minimum atomic E-state index is 0.0465. The van der Waals surface area contributed by atoms with Gasteiger partial charge in [0.1, 0.15) is 12.6 Å². The molecule has 4 rings (SSSR count). The fourth-order valence-electron chi connectivity index (χ4n) is 3.45. The molecular formula is C22H27N6OS+. The molecule has 1 aliphatic rings. The molecule has 0 bridgehead atoms. The molecule has 0 aliphatic carbocycles. The second kappa shape index (κ2) is 9.42. The normalized spacial score (nSPS) is 18.5. The Bertz CT molecular complexity index is 973. The van der Waals surface area contributed by atoms with Gasteiger partial charge in [0.2, 0.25) is 6.23 Å². The number of quaternary nitrogens is 1. The summed E-state index contributed by atoms with van der Waals surface area (Å²) >= 11 is 1.68. The van der Waals surface area contributed by atoms with Gasteiger partial charge in [0, 0.05) is 55.6 Å². The molecule has 156 valence electrons. The van der Waals surface area contributed by atoms with Crippen LogP contribution in [0.1, 0.15) is 11.8 Å². The average Bonchev–Trinajstić information content (AvgIpc) is 3.40. The van der Waals surface area contributed by atoms with Crippen LogP contribution in [0, 0.1) is 0 Å². The lowest BCUT2D eigenvalue weighted by Gasteiger charge is -2.14. The van der Waals surface area contributed by atoms with Crippen molar-refractivity contribution in [1.82, 2.24) is 19.7 Å². The number of ether oxygens (including phenoxy) is 1. The molecule has 1 fully saturated rings. The molecule has 2 N–H and O–H groups in total. The maximum atomic E-state index is 6.28. The predicted octanol–water partition coefficient (Wildman–Crippen LogP) is 2.35. The van der Waals surface area contributed by atoms with Gasteiger partial charge in [0.25, 0.3) is 0 Å². The average molecular weight is 424 g/mol. The molecule has 3 aromatic rings. The van der Waals surface area contributed by atoms with Crippen LogP contribution < -0.4 is 10.2 Å². The number of rotatable bonds is 8. The van der Waals surface area contributed by atoms with Gasteiger partial charge in [-0.1, -0.05) is 17.8 Å². The molecule has 0 unspecified atom stereocenters. The van der Waals surface area contributed by atoms with Crippen LogP contribution in [0.25, 0.3) is 11.4 Å². The van der Waals surface area contributed by atoms with Crippen molar-refractivity contribution in [3.05, 3.63) is 67.0 Å². The summed E-state index contributed by atoms with van der Waals surface area (Å²) in [5.74, 6) is 1.66. The van der Waals surface area contributed by atoms with Gasteiger partial charge in [-0.2, -0.15) is 0 Å². The van der Waals surface area contributed by atoms with Crippen molar-refractivity contribution in [1.29, 1.82) is 0 Å². The molecule has 7 nitrogen and oxygen atoms in total. The van der Waals surface area contributed by atoms with Gasteiger partial charge in [-0.3, -0.25) is 9.55 Å². The Labute approximate surface area is 181 Å². The highest BCUT2D eigenvalue weighted by Crippen LogP contribution is 2.26. The Kier molecular flexibility index (Phi) is 6.47. The number of nitrogens with zero attached hydrogens (tertiary/aromatic N) is 5. The summed E-state index contributed by atoms with van der Waals surface area (Å²) in [5, 5.41) is 11.9. The van der Waals surface area contributed by atoms with E-state index in [0.717, 1.165) is 28.8 Å². The maximum Gasteiger partial charge on any atom is 0.217 e. The molecular weight excluding hydrogens is 396 g/mol. The van der Waals surface area contributed by atoms with Gasteiger partial charge in [-0.25, -0.2) is 0 Å². The van der Waals surface area contributed by atoms with Gasteiger partial charge in [0.05, 0.1) is 0 Å². The first kappa shape index (κ1) is 20.6. The summed E-state index contributed by atoms with van der Waals surface area (Å²) in [5.41, 5.74) is 3.39. The lowest BCUT2D eigenvalue weighted by molar-refractivity contribution is -0.697. The Morgan fingerprint density at radius 2 is 1.97 bits per heavy atom. The van der Waals surface area contributed by atoms with Crippen molar-refractivity contribution >= 4 is 17.4 Å². The van der Waals surface area contributed by atoms with Crippen LogP contribution in [-0.4, -0.2) is 52.2 Å². The zero-order chi connectivity index (χ0) is 20.9. The molecule has 1 aromatic carbocycles. The van der Waals surface area contributed by atoms with Gasteiger partial charge in [-0.05, 0) is 36.4 Å². The van der Waals surface area contributed by atoms with Crippen LogP contribution >= 0.6 is 11.8 Å². The zero-order valence-electron chi connectivity index (χ0n) is 17.3. The summed E-state index contributed by atoms with van der Waals surface area (Å²) < 4.78 is 8.37. The molecule has 0 saturated carbocycles. The van der Waals surface area contributed by atoms with Crippen molar-refractivity contribution in [3.8, 4) is 11.4 Å². The first-order valence-corrected chi connectivity index (χ1v) is 11.0. The first-order chi connectivity index (χ1) is 14.7. The van der Waals surface area contributed by atoms with Crippen molar-refractivity contribution in [2.45, 2.75) is 24.0 Å². The van der Waals surface area contributed by atoms with E-state index in [0.29, 0.717) is 6.54 Å². The van der Waals surface area contributed by atoms with Gasteiger partial charge in [0.15, 0.2) is 11.0 Å². The van der Waals surface area contributed by atoms with E-state index in [2.05, 4.69) is 60.8 Å². The molecule has 0 radical (unpaired) electrons. The number of hydrogen-bond donors (Lipinski definition) is 1. The van der Waals surface area contributed by atoms with E-state index in [-0.39, 0.29) is 12.3 Å². The molecule has 8 heteroatoms. The second-order valence-corrected chi connectivity index (χ2v) is 8.38. The lowest BCUT2D eigenvalue weighted by atomic mass is 10.2. The number of benzene rings is 1. The van der Waals surface area contributed by atoms with Crippen LogP contribution in [0.3, 0.4) is 0 Å². The smallest absolute Gasteiger partial charge is 0.217 e. The molecule has 0 spiro atoms. The molecule has 3 heterocycles. The lowest BCUT2D eigenvalue weighted by Crippen LogP contribution is -2.82. The zero-order valence-corrected chi connectivity index (χ0v) is 18.1. The first-order valence-electron chi connectivity index (χ1n) is 9.99. The van der Waals surface area contributed by atoms with Crippen LogP contribution in [-0.2, 0) is 11.3 Å². The maximum absolute atomic E-state index is 6.28. The molecule has 1 saturated heterocycles. The van der Waals surface area contributed by atoms with Crippen molar-refractivity contribution in [2.75, 3.05) is 31.3 Å². The van der Waals surface area contributed by atoms with Gasteiger partial charge in [-0.15, -0.1) is 16.8 Å². The van der Waals surface area contributed by atoms with Crippen molar-refractivity contribution < 1.29 is 10.1 Å². The molecule has 2 aromatic heterocycles. The molecule has 2 atom stereocenters. The third kappa shape index (κ3) is 4.56. The fraction of sp³-hybridized carbons (Fsp3) is 0.318. The van der Waals surface area contributed by atoms with Crippen LogP contribution in [0.5, 0.6) is 0 Å². The van der Waals surface area contributed by atoms with E-state index in [1.807, 2.05) is 32.3 Å². The summed E-state index contributed by atoms with van der Waals surface area (Å²) in [4.78, 5) is 6.18. The van der Waals surface area contributed by atoms with Gasteiger partial charge < -0.3 is 15.0 Å². The minimum absolute atomic E-state index is 0.0465. The highest BCUT2D eigenvalue weighted by molar-refractivity contribution is 7.99. The number of allylic oxidation sites excluding steroid dienone is 1. The minimum Gasteiger partial charge on any atom is -0.378 e. The SMILES string of the molecule is C=CCn1c(SC[C@H]2C[NH2+][C@@H](c3ccc(N(C)C)cc3)O2)nnc1-c1ccncc1. The largest absolute Gasteiger partial charge is 0.378 e. The van der Waals surface area contributed by atoms with E-state index in [4.69, 9.17) is 4.74 Å². The Balaban J connectivity index is 1.39. The standard InChI is InChI=1S/C22H26N6OS/c1-4-13-28-20(16-9-11-23-12-10-16)25-26-22(28)30-15-19-14-24-21(29-19)17-5-7-18(8-6-17)27(2)3/h4-12,19,21,24H,1,13-15H2,2-3H3/p+1/t19-,21-/m1/s1. The van der Waals surface area contributed by atoms with Crippen LogP contribution in [0.15, 0.2) is 66.6 Å². The monoisotopic (exact) mass is 423 g/mol. The van der Waals surface area contributed by atoms with E-state index < -0.39 is 0 Å². The van der Waals surface area contributed by atoms with E-state index in [9.17, 15) is 0 Å². The van der Waals surface area contributed by atoms with Crippen LogP contribution in [0.2, 0.25) is 0 Å². The number of aromatic nitrogens is 4. The number of anilines is 1. The third-order valence-electron chi connectivity index (χ3n) is 5.06. The predicted molar refractivity (Wildman–Crippen MR) is 119 cm³/mol. The van der Waals surface area contributed by atoms with Crippen molar-refractivity contribution in [2.24, 2.45) is 0 Å². The van der Waals surface area contributed by atoms with E-state index in [1.54, 1.807) is 24.2 Å². The number of thioether (sulfide) groups is 1. The number of pyridine rings is 1. The quantitative estimate of drug-likeness (QED) is 0.443. The third-order valence-corrected chi connectivity index (χ3v) is 6.15. The van der Waals surface area contributed by atoms with Crippen molar-refractivity contribution in [3.63, 3.8) is 0 Å². The van der Waals surface area contributed by atoms with E-state index in [1.165, 1.54) is 11.3 Å². The summed E-state index contributed by atoms with van der Waals surface area (Å²) in [7, 11) is 4.09. The summed E-state index contributed by atoms with van der Waals surface area (Å²) in [6.45, 7) is 5.47. The highest BCUT2D eigenvalue weighted by atomic mass is 32.2. The van der Waals surface area contributed by atoms with E-state index >= 15 is 0 Å². The molecule has 30 heavy (non-hydrogen) atoms. The Morgan fingerprint density at radius 3 is 2.67 bits per heavy atom. The number of nitrogens with two attached hydrogens (primary N) is 1. The number of hydrogen-bond acceptors (Lipinski definition) is 6. The Morgan fingerprint density at radius 1 is 1.20 bits per heavy atom.